The van der Waals surface area contributed by atoms with Crippen LogP contribution in [0.15, 0.2) is 18.2 Å². The second-order valence-corrected chi connectivity index (χ2v) is 4.26. The molecule has 90 valence electrons. The molecule has 0 aliphatic carbocycles. The average Bonchev–Trinajstić information content (AvgIpc) is 2.29. The van der Waals surface area contributed by atoms with Gasteiger partial charge in [-0.1, -0.05) is 24.6 Å². The Kier molecular flexibility index (Phi) is 5.06. The molecule has 0 heterocycles. The normalized spacial score (nSPS) is 14.6. The third kappa shape index (κ3) is 3.37. The maximum atomic E-state index is 9.21. The van der Waals surface area contributed by atoms with E-state index in [4.69, 9.17) is 22.1 Å². The van der Waals surface area contributed by atoms with E-state index in [0.29, 0.717) is 10.8 Å². The molecule has 0 bridgehead atoms. The van der Waals surface area contributed by atoms with Gasteiger partial charge in [-0.2, -0.15) is 0 Å². The van der Waals surface area contributed by atoms with Gasteiger partial charge in [0.1, 0.15) is 11.9 Å². The number of rotatable bonds is 5. The Hall–Kier alpha value is -0.770. The van der Waals surface area contributed by atoms with Gasteiger partial charge in [0.05, 0.1) is 6.61 Å². The Labute approximate surface area is 101 Å². The van der Waals surface area contributed by atoms with E-state index in [2.05, 4.69) is 0 Å². The van der Waals surface area contributed by atoms with Crippen LogP contribution in [0.25, 0.3) is 0 Å². The molecule has 4 heteroatoms. The molecular formula is C12H18ClNO2. The van der Waals surface area contributed by atoms with E-state index in [0.717, 1.165) is 12.0 Å². The molecule has 1 rings (SSSR count). The Balaban J connectivity index is 2.81. The zero-order valence-corrected chi connectivity index (χ0v) is 10.4. The fourth-order valence-electron chi connectivity index (χ4n) is 1.39. The maximum absolute atomic E-state index is 9.21. The van der Waals surface area contributed by atoms with Crippen LogP contribution in [0.2, 0.25) is 5.02 Å². The highest BCUT2D eigenvalue weighted by Crippen LogP contribution is 2.24. The molecule has 3 N–H and O–H groups in total. The van der Waals surface area contributed by atoms with Crippen LogP contribution >= 0.6 is 11.6 Å². The number of ether oxygens (including phenoxy) is 1. The van der Waals surface area contributed by atoms with Gasteiger partial charge in [0.15, 0.2) is 0 Å². The molecule has 0 amide bonds. The molecule has 0 aliphatic heterocycles. The second-order valence-electron chi connectivity index (χ2n) is 3.82. The molecule has 0 saturated carbocycles. The summed E-state index contributed by atoms with van der Waals surface area (Å²) in [5.41, 5.74) is 6.82. The Morgan fingerprint density at radius 2 is 2.19 bits per heavy atom. The third-order valence-corrected chi connectivity index (χ3v) is 2.79. The summed E-state index contributed by atoms with van der Waals surface area (Å²) in [5, 5.41) is 9.82. The van der Waals surface area contributed by atoms with E-state index in [1.165, 1.54) is 0 Å². The number of hydrogen-bond donors (Lipinski definition) is 2. The van der Waals surface area contributed by atoms with E-state index < -0.39 is 0 Å². The Morgan fingerprint density at radius 1 is 1.50 bits per heavy atom. The lowest BCUT2D eigenvalue weighted by molar-refractivity contribution is 0.0927. The summed E-state index contributed by atoms with van der Waals surface area (Å²) < 4.78 is 5.67. The molecule has 16 heavy (non-hydrogen) atoms. The molecule has 1 aromatic carbocycles. The first kappa shape index (κ1) is 13.3. The van der Waals surface area contributed by atoms with Crippen molar-refractivity contribution in [1.82, 2.24) is 0 Å². The van der Waals surface area contributed by atoms with Gasteiger partial charge in [-0.25, -0.2) is 0 Å². The van der Waals surface area contributed by atoms with Gasteiger partial charge in [0.25, 0.3) is 0 Å². The van der Waals surface area contributed by atoms with Crippen LogP contribution in [0.3, 0.4) is 0 Å². The predicted octanol–water partition coefficient (Wildman–Crippen LogP) is 2.13. The topological polar surface area (TPSA) is 55.5 Å². The van der Waals surface area contributed by atoms with E-state index in [-0.39, 0.29) is 18.8 Å². The van der Waals surface area contributed by atoms with Crippen molar-refractivity contribution in [3.63, 3.8) is 0 Å². The lowest BCUT2D eigenvalue weighted by Gasteiger charge is -2.23. The number of aliphatic hydroxyl groups is 1. The van der Waals surface area contributed by atoms with Crippen molar-refractivity contribution in [2.75, 3.05) is 6.61 Å². The van der Waals surface area contributed by atoms with Crippen LogP contribution in [-0.4, -0.2) is 23.9 Å². The minimum absolute atomic E-state index is 0.0963. The highest BCUT2D eigenvalue weighted by atomic mass is 35.5. The summed E-state index contributed by atoms with van der Waals surface area (Å²) in [7, 11) is 0. The standard InChI is InChI=1S/C12H18ClNO2/c1-3-10(14)12(7-15)16-11-6-9(13)5-4-8(11)2/h4-6,10,12,15H,3,7,14H2,1-2H3. The zero-order valence-electron chi connectivity index (χ0n) is 9.61. The molecule has 0 fully saturated rings. The Bertz CT molecular complexity index is 344. The third-order valence-electron chi connectivity index (χ3n) is 2.56. The number of benzene rings is 1. The van der Waals surface area contributed by atoms with E-state index in [1.54, 1.807) is 12.1 Å². The monoisotopic (exact) mass is 243 g/mol. The van der Waals surface area contributed by atoms with Crippen molar-refractivity contribution in [1.29, 1.82) is 0 Å². The molecule has 0 saturated heterocycles. The smallest absolute Gasteiger partial charge is 0.137 e. The largest absolute Gasteiger partial charge is 0.486 e. The Morgan fingerprint density at radius 3 is 2.75 bits per heavy atom. The highest BCUT2D eigenvalue weighted by Gasteiger charge is 2.17. The van der Waals surface area contributed by atoms with Crippen LogP contribution in [0, 0.1) is 6.92 Å². The van der Waals surface area contributed by atoms with Crippen molar-refractivity contribution in [2.24, 2.45) is 5.73 Å². The molecule has 0 radical (unpaired) electrons. The number of hydrogen-bond acceptors (Lipinski definition) is 3. The summed E-state index contributed by atoms with van der Waals surface area (Å²) >= 11 is 5.88. The van der Waals surface area contributed by atoms with Crippen LogP contribution in [0.4, 0.5) is 0 Å². The first-order valence-corrected chi connectivity index (χ1v) is 5.75. The molecule has 3 nitrogen and oxygen atoms in total. The SMILES string of the molecule is CCC(N)C(CO)Oc1cc(Cl)ccc1C. The van der Waals surface area contributed by atoms with Gasteiger partial charge in [0.2, 0.25) is 0 Å². The minimum Gasteiger partial charge on any atom is -0.486 e. The zero-order chi connectivity index (χ0) is 12.1. The highest BCUT2D eigenvalue weighted by molar-refractivity contribution is 6.30. The fourth-order valence-corrected chi connectivity index (χ4v) is 1.55. The van der Waals surface area contributed by atoms with Gasteiger partial charge in [-0.05, 0) is 31.0 Å². The quantitative estimate of drug-likeness (QED) is 0.833. The molecule has 2 unspecified atom stereocenters. The number of aryl methyl sites for hydroxylation is 1. The summed E-state index contributed by atoms with van der Waals surface area (Å²) in [5.74, 6) is 0.676. The lowest BCUT2D eigenvalue weighted by Crippen LogP contribution is -2.41. The molecule has 0 spiro atoms. The van der Waals surface area contributed by atoms with Gasteiger partial charge < -0.3 is 15.6 Å². The molecular weight excluding hydrogens is 226 g/mol. The minimum atomic E-state index is -0.387. The van der Waals surface area contributed by atoms with Crippen molar-refractivity contribution >= 4 is 11.6 Å². The van der Waals surface area contributed by atoms with E-state index in [1.807, 2.05) is 19.9 Å². The number of aliphatic hydroxyl groups excluding tert-OH is 1. The first-order valence-electron chi connectivity index (χ1n) is 5.37. The first-order chi connectivity index (χ1) is 7.58. The summed E-state index contributed by atoms with van der Waals surface area (Å²) in [4.78, 5) is 0. The maximum Gasteiger partial charge on any atom is 0.137 e. The van der Waals surface area contributed by atoms with Gasteiger partial charge in [-0.3, -0.25) is 0 Å². The number of halogens is 1. The van der Waals surface area contributed by atoms with E-state index in [9.17, 15) is 5.11 Å². The predicted molar refractivity (Wildman–Crippen MR) is 66.0 cm³/mol. The van der Waals surface area contributed by atoms with Crippen molar-refractivity contribution < 1.29 is 9.84 Å². The summed E-state index contributed by atoms with van der Waals surface area (Å²) in [6.07, 6.45) is 0.368. The molecule has 0 aliphatic rings. The summed E-state index contributed by atoms with van der Waals surface area (Å²) in [6.45, 7) is 3.79. The van der Waals surface area contributed by atoms with Crippen molar-refractivity contribution in [3.05, 3.63) is 28.8 Å². The van der Waals surface area contributed by atoms with Crippen LogP contribution in [0.1, 0.15) is 18.9 Å². The molecule has 2 atom stereocenters. The lowest BCUT2D eigenvalue weighted by atomic mass is 10.1. The van der Waals surface area contributed by atoms with Crippen molar-refractivity contribution in [3.8, 4) is 5.75 Å². The van der Waals surface area contributed by atoms with E-state index >= 15 is 0 Å². The van der Waals surface area contributed by atoms with Crippen molar-refractivity contribution in [2.45, 2.75) is 32.4 Å². The number of nitrogens with two attached hydrogens (primary N) is 1. The molecule has 0 aromatic heterocycles. The van der Waals surface area contributed by atoms with Gasteiger partial charge >= 0.3 is 0 Å². The average molecular weight is 244 g/mol. The van der Waals surface area contributed by atoms with Gasteiger partial charge in [0, 0.05) is 11.1 Å². The van der Waals surface area contributed by atoms with Crippen LogP contribution in [-0.2, 0) is 0 Å². The van der Waals surface area contributed by atoms with Crippen LogP contribution in [0.5, 0.6) is 5.75 Å². The summed E-state index contributed by atoms with van der Waals surface area (Å²) in [6, 6.07) is 5.24. The second kappa shape index (κ2) is 6.09. The molecule has 1 aromatic rings. The van der Waals surface area contributed by atoms with Gasteiger partial charge in [-0.15, -0.1) is 0 Å². The fraction of sp³-hybridized carbons (Fsp3) is 0.500. The van der Waals surface area contributed by atoms with Crippen LogP contribution < -0.4 is 10.5 Å².